The number of aliphatic hydroxyl groups excluding tert-OH is 1. The number of likely N-dealkylation sites (tertiary alicyclic amines) is 2. The second kappa shape index (κ2) is 19.2. The van der Waals surface area contributed by atoms with Crippen LogP contribution in [-0.2, 0) is 28.5 Å². The van der Waals surface area contributed by atoms with Crippen LogP contribution in [0.15, 0.2) is 24.3 Å². The monoisotopic (exact) mass is 957 g/mol. The Kier molecular flexibility index (Phi) is 15.0. The summed E-state index contributed by atoms with van der Waals surface area (Å²) in [6.07, 6.45) is -1.43. The quantitative estimate of drug-likeness (QED) is 0.0589. The average molecular weight is 957 g/mol. The minimum atomic E-state index is -1.98. The van der Waals surface area contributed by atoms with Gasteiger partial charge in [0.1, 0.15) is 42.3 Å². The molecule has 0 bridgehead atoms. The van der Waals surface area contributed by atoms with Crippen LogP contribution in [0, 0.1) is 28.4 Å². The number of carbonyl (C=O) groups is 2. The molecule has 366 valence electrons. The number of rotatable bonds is 17. The Labute approximate surface area is 390 Å². The van der Waals surface area contributed by atoms with Crippen molar-refractivity contribution in [3.8, 4) is 0 Å². The van der Waals surface area contributed by atoms with Gasteiger partial charge in [-0.05, 0) is 67.2 Å². The number of aliphatic hydroxyl groups is 2. The standard InChI is InChI=1S/C48H74F2N6O8Si2/c1-46(2,3)41(27-40(57)30-23-34-38(25-32(30)49)55(28-63-19-21-65(7,8)9)42(51-34)36-15-13-17-53(36)44(58)59)48(62,47(4,5)6)31-24-35-39(26-33(31)50)56(29-64-20-22-66(10,11)12)43(52-35)37-16-14-18-54(37)45(60)61/h23-26,36-37,40-41,57,62H,13-22,27-29H2,1-12H3,(H,58,59)(H,60,61)/t36-,37-,40-,41?,48-/m0/s1. The topological polar surface area (TPSA) is 176 Å². The highest BCUT2D eigenvalue weighted by Gasteiger charge is 2.54. The number of carboxylic acid groups (broad SMARTS) is 2. The molecule has 2 aliphatic rings. The third-order valence-electron chi connectivity index (χ3n) is 13.7. The second-order valence-corrected chi connectivity index (χ2v) is 34.4. The predicted octanol–water partition coefficient (Wildman–Crippen LogP) is 10.9. The number of benzene rings is 2. The van der Waals surface area contributed by atoms with Crippen molar-refractivity contribution in [2.24, 2.45) is 16.7 Å². The molecule has 4 N–H and O–H groups in total. The molecule has 0 saturated carbocycles. The summed E-state index contributed by atoms with van der Waals surface area (Å²) >= 11 is 0. The smallest absolute Gasteiger partial charge is 0.407 e. The maximum atomic E-state index is 17.2. The largest absolute Gasteiger partial charge is 0.465 e. The van der Waals surface area contributed by atoms with Crippen molar-refractivity contribution >= 4 is 50.4 Å². The van der Waals surface area contributed by atoms with Crippen LogP contribution in [-0.4, -0.2) is 104 Å². The Balaban J connectivity index is 1.41. The van der Waals surface area contributed by atoms with E-state index in [-0.39, 0.29) is 31.0 Å². The molecule has 5 atom stereocenters. The van der Waals surface area contributed by atoms with E-state index >= 15 is 8.78 Å². The summed E-state index contributed by atoms with van der Waals surface area (Å²) in [6, 6.07) is 6.34. The number of amides is 2. The molecule has 2 aromatic heterocycles. The second-order valence-electron chi connectivity index (χ2n) is 23.1. The summed E-state index contributed by atoms with van der Waals surface area (Å²) in [5.41, 5.74) is -2.40. The van der Waals surface area contributed by atoms with Crippen LogP contribution in [0.3, 0.4) is 0 Å². The molecule has 0 aliphatic carbocycles. The fourth-order valence-electron chi connectivity index (χ4n) is 9.88. The zero-order valence-corrected chi connectivity index (χ0v) is 43.2. The summed E-state index contributed by atoms with van der Waals surface area (Å²) in [7, 11) is -2.87. The lowest BCUT2D eigenvalue weighted by atomic mass is 9.57. The Hall–Kier alpha value is -3.95. The lowest BCUT2D eigenvalue weighted by Crippen LogP contribution is -2.52. The highest BCUT2D eigenvalue weighted by atomic mass is 28.3. The first-order valence-corrected chi connectivity index (χ1v) is 30.9. The fraction of sp³-hybridized carbons (Fsp3) is 0.667. The summed E-state index contributed by atoms with van der Waals surface area (Å²) < 4.78 is 49.6. The van der Waals surface area contributed by atoms with E-state index < -0.39 is 80.5 Å². The number of ether oxygens (including phenoxy) is 2. The van der Waals surface area contributed by atoms with E-state index in [0.717, 1.165) is 12.1 Å². The molecule has 18 heteroatoms. The van der Waals surface area contributed by atoms with Crippen molar-refractivity contribution in [3.05, 3.63) is 58.7 Å². The number of hydrogen-bond acceptors (Lipinski definition) is 8. The number of hydrogen-bond donors (Lipinski definition) is 4. The zero-order chi connectivity index (χ0) is 48.9. The SMILES string of the molecule is CC(C)(C)C(C[C@H](O)c1cc2nc([C@@H]3CCCN3C(=O)O)n(COCC[Si](C)(C)C)c2cc1F)[C@@](O)(c1cc2nc([C@@H]3CCCN3C(=O)O)n(COCC[Si](C)(C)C)c2cc1F)C(C)(C)C. The highest BCUT2D eigenvalue weighted by molar-refractivity contribution is 6.76. The lowest BCUT2D eigenvalue weighted by molar-refractivity contribution is -0.156. The van der Waals surface area contributed by atoms with Crippen molar-refractivity contribution in [3.63, 3.8) is 0 Å². The average Bonchev–Trinajstić information content (AvgIpc) is 4.00. The van der Waals surface area contributed by atoms with Crippen molar-refractivity contribution < 1.29 is 48.3 Å². The molecule has 66 heavy (non-hydrogen) atoms. The zero-order valence-electron chi connectivity index (χ0n) is 41.2. The first-order chi connectivity index (χ1) is 30.5. The number of nitrogens with zero attached hydrogens (tertiary/aromatic N) is 6. The van der Waals surface area contributed by atoms with Gasteiger partial charge in [-0.15, -0.1) is 0 Å². The van der Waals surface area contributed by atoms with Gasteiger partial charge < -0.3 is 39.0 Å². The predicted molar refractivity (Wildman–Crippen MR) is 257 cm³/mol. The van der Waals surface area contributed by atoms with Crippen molar-refractivity contribution in [1.29, 1.82) is 0 Å². The van der Waals surface area contributed by atoms with Crippen LogP contribution in [0.2, 0.25) is 51.4 Å². The molecule has 2 saturated heterocycles. The van der Waals surface area contributed by atoms with Crippen molar-refractivity contribution in [2.75, 3.05) is 26.3 Å². The molecule has 2 aliphatic heterocycles. The van der Waals surface area contributed by atoms with Gasteiger partial charge in [-0.25, -0.2) is 28.3 Å². The van der Waals surface area contributed by atoms with E-state index in [2.05, 4.69) is 39.3 Å². The van der Waals surface area contributed by atoms with Crippen LogP contribution in [0.5, 0.6) is 0 Å². The Morgan fingerprint density at radius 3 is 1.59 bits per heavy atom. The number of halogens is 2. The Morgan fingerprint density at radius 1 is 0.742 bits per heavy atom. The molecule has 0 radical (unpaired) electrons. The van der Waals surface area contributed by atoms with Gasteiger partial charge in [-0.2, -0.15) is 0 Å². The van der Waals surface area contributed by atoms with E-state index in [1.54, 1.807) is 36.0 Å². The van der Waals surface area contributed by atoms with Crippen LogP contribution < -0.4 is 0 Å². The van der Waals surface area contributed by atoms with E-state index in [1.165, 1.54) is 28.0 Å². The van der Waals surface area contributed by atoms with Gasteiger partial charge in [0.2, 0.25) is 0 Å². The minimum absolute atomic E-state index is 0.0408. The van der Waals surface area contributed by atoms with Crippen molar-refractivity contribution in [1.82, 2.24) is 28.9 Å². The normalized spacial score (nSPS) is 19.6. The van der Waals surface area contributed by atoms with E-state index in [1.807, 2.05) is 20.8 Å². The number of fused-ring (bicyclic) bond motifs is 2. The molecule has 6 rings (SSSR count). The van der Waals surface area contributed by atoms with Gasteiger partial charge >= 0.3 is 12.2 Å². The minimum Gasteiger partial charge on any atom is -0.465 e. The van der Waals surface area contributed by atoms with Crippen LogP contribution in [0.1, 0.15) is 115 Å². The van der Waals surface area contributed by atoms with Gasteiger partial charge in [0, 0.05) is 71.6 Å². The molecule has 2 fully saturated rings. The van der Waals surface area contributed by atoms with Gasteiger partial charge in [-0.3, -0.25) is 9.80 Å². The molecule has 2 amide bonds. The molecule has 1 unspecified atom stereocenters. The first-order valence-electron chi connectivity index (χ1n) is 23.5. The number of aromatic nitrogens is 4. The van der Waals surface area contributed by atoms with Crippen LogP contribution >= 0.6 is 0 Å². The number of imidazole rings is 2. The van der Waals surface area contributed by atoms with Gasteiger partial charge in [0.05, 0.1) is 40.3 Å². The van der Waals surface area contributed by atoms with E-state index in [9.17, 15) is 30.0 Å². The first kappa shape index (κ1) is 51.4. The van der Waals surface area contributed by atoms with Crippen molar-refractivity contribution in [2.45, 2.75) is 162 Å². The molecule has 2 aromatic carbocycles. The Morgan fingerprint density at radius 2 is 1.18 bits per heavy atom. The lowest BCUT2D eigenvalue weighted by Gasteiger charge is -2.52. The molecular formula is C48H74F2N6O8Si2. The van der Waals surface area contributed by atoms with E-state index in [4.69, 9.17) is 19.4 Å². The summed E-state index contributed by atoms with van der Waals surface area (Å²) in [5.74, 6) is -1.42. The Bertz CT molecular complexity index is 2400. The molecule has 14 nitrogen and oxygen atoms in total. The van der Waals surface area contributed by atoms with Crippen LogP contribution in [0.25, 0.3) is 22.1 Å². The summed E-state index contributed by atoms with van der Waals surface area (Å²) in [6.45, 7) is 26.3. The summed E-state index contributed by atoms with van der Waals surface area (Å²) in [4.78, 5) is 37.2. The molecule has 4 aromatic rings. The van der Waals surface area contributed by atoms with Gasteiger partial charge in [0.25, 0.3) is 0 Å². The summed E-state index contributed by atoms with van der Waals surface area (Å²) in [5, 5.41) is 45.7. The molecule has 0 spiro atoms. The third kappa shape index (κ3) is 10.8. The molecular weight excluding hydrogens is 883 g/mol. The van der Waals surface area contributed by atoms with Gasteiger partial charge in [-0.1, -0.05) is 80.8 Å². The molecule has 4 heterocycles. The maximum absolute atomic E-state index is 17.2. The third-order valence-corrected chi connectivity index (χ3v) is 17.1. The maximum Gasteiger partial charge on any atom is 0.407 e. The van der Waals surface area contributed by atoms with Crippen LogP contribution in [0.4, 0.5) is 18.4 Å². The highest BCUT2D eigenvalue weighted by Crippen LogP contribution is 2.55. The van der Waals surface area contributed by atoms with E-state index in [0.29, 0.717) is 85.7 Å². The fourth-order valence-corrected chi connectivity index (χ4v) is 11.4. The van der Waals surface area contributed by atoms with Gasteiger partial charge in [0.15, 0.2) is 0 Å².